The van der Waals surface area contributed by atoms with E-state index in [1.165, 1.54) is 22.3 Å². The number of anilines is 2. The molecule has 9 heteroatoms. The number of halogens is 3. The number of nitrogens with zero attached hydrogens (tertiary/aromatic N) is 3. The zero-order chi connectivity index (χ0) is 20.5. The summed E-state index contributed by atoms with van der Waals surface area (Å²) in [5.74, 6) is -0.516. The van der Waals surface area contributed by atoms with E-state index in [0.29, 0.717) is 26.6 Å². The van der Waals surface area contributed by atoms with Crippen LogP contribution in [0.4, 0.5) is 10.8 Å². The van der Waals surface area contributed by atoms with Crippen LogP contribution in [0.1, 0.15) is 27.3 Å². The number of benzene rings is 2. The predicted molar refractivity (Wildman–Crippen MR) is 117 cm³/mol. The maximum Gasteiger partial charge on any atom is 0.273 e. The van der Waals surface area contributed by atoms with Crippen LogP contribution in [0, 0.1) is 0 Å². The zero-order valence-corrected chi connectivity index (χ0v) is 18.0. The lowest BCUT2D eigenvalue weighted by Gasteiger charge is -2.30. The highest BCUT2D eigenvalue weighted by Crippen LogP contribution is 2.33. The average molecular weight is 467 g/mol. The third-order valence-electron chi connectivity index (χ3n) is 4.50. The maximum atomic E-state index is 13.4. The van der Waals surface area contributed by atoms with Crippen molar-refractivity contribution in [2.24, 2.45) is 0 Å². The number of aromatic nitrogens is 1. The molecule has 29 heavy (non-hydrogen) atoms. The Morgan fingerprint density at radius 1 is 1.00 bits per heavy atom. The van der Waals surface area contributed by atoms with E-state index in [2.05, 4.69) is 4.98 Å². The number of thiazole rings is 1. The number of likely N-dealkylation sites (tertiary alicyclic amines) is 1. The molecule has 0 aliphatic carbocycles. The summed E-state index contributed by atoms with van der Waals surface area (Å²) in [4.78, 5) is 33.5. The Hall–Kier alpha value is -2.12. The van der Waals surface area contributed by atoms with Crippen LogP contribution >= 0.6 is 46.1 Å². The van der Waals surface area contributed by atoms with Gasteiger partial charge in [0.05, 0.1) is 16.3 Å². The van der Waals surface area contributed by atoms with E-state index in [1.54, 1.807) is 46.7 Å². The van der Waals surface area contributed by atoms with E-state index >= 15 is 0 Å². The summed E-state index contributed by atoms with van der Waals surface area (Å²) in [6.45, 7) is 1.46. The fraction of sp³-hybridized carbons (Fsp3) is 0.150. The average Bonchev–Trinajstić information content (AvgIpc) is 3.11. The van der Waals surface area contributed by atoms with Crippen LogP contribution in [-0.2, 0) is 0 Å². The quantitative estimate of drug-likeness (QED) is 0.479. The highest BCUT2D eigenvalue weighted by atomic mass is 35.5. The number of hydrogen-bond donors (Lipinski definition) is 0. The number of carbonyl (C=O) groups excluding carboxylic acids is 2. The SMILES string of the molecule is O=C(c1csc(N(C(=O)c2ccc(Cl)cc2Cl)c2ccc(Cl)cc2)n1)N1CCC1. The second-order valence-corrected chi connectivity index (χ2v) is 8.52. The summed E-state index contributed by atoms with van der Waals surface area (Å²) in [5.41, 5.74) is 1.15. The van der Waals surface area contributed by atoms with Gasteiger partial charge in [0.1, 0.15) is 5.69 Å². The second-order valence-electron chi connectivity index (χ2n) is 6.40. The first-order valence-electron chi connectivity index (χ1n) is 8.74. The van der Waals surface area contributed by atoms with Gasteiger partial charge < -0.3 is 4.90 Å². The summed E-state index contributed by atoms with van der Waals surface area (Å²) in [5, 5.41) is 3.23. The van der Waals surface area contributed by atoms with E-state index in [4.69, 9.17) is 34.8 Å². The molecule has 0 atom stereocenters. The van der Waals surface area contributed by atoms with Gasteiger partial charge in [-0.15, -0.1) is 11.3 Å². The Labute approximate surface area is 186 Å². The predicted octanol–water partition coefficient (Wildman–Crippen LogP) is 5.93. The molecule has 0 unspecified atom stereocenters. The Morgan fingerprint density at radius 3 is 2.31 bits per heavy atom. The van der Waals surface area contributed by atoms with Gasteiger partial charge in [-0.05, 0) is 48.9 Å². The van der Waals surface area contributed by atoms with E-state index in [1.807, 2.05) is 0 Å². The van der Waals surface area contributed by atoms with Crippen molar-refractivity contribution in [1.29, 1.82) is 0 Å². The van der Waals surface area contributed by atoms with E-state index < -0.39 is 0 Å². The summed E-state index contributed by atoms with van der Waals surface area (Å²) >= 11 is 19.4. The van der Waals surface area contributed by atoms with Gasteiger partial charge in [0.15, 0.2) is 5.13 Å². The molecule has 1 aliphatic rings. The van der Waals surface area contributed by atoms with Crippen molar-refractivity contribution in [3.05, 3.63) is 74.2 Å². The lowest BCUT2D eigenvalue weighted by Crippen LogP contribution is -2.42. The molecule has 3 aromatic rings. The molecule has 0 N–H and O–H groups in total. The Bertz CT molecular complexity index is 1080. The molecule has 5 nitrogen and oxygen atoms in total. The standard InChI is InChI=1S/C20H14Cl3N3O2S/c21-12-2-5-14(6-3-12)26(18(27)15-7-4-13(22)10-16(15)23)20-24-17(11-29-20)19(28)25-8-1-9-25/h2-7,10-11H,1,8-9H2. The molecule has 2 heterocycles. The van der Waals surface area contributed by atoms with Crippen molar-refractivity contribution in [3.63, 3.8) is 0 Å². The molecule has 2 amide bonds. The molecule has 0 radical (unpaired) electrons. The Kier molecular flexibility index (Phi) is 5.79. The Morgan fingerprint density at radius 2 is 1.69 bits per heavy atom. The number of rotatable bonds is 4. The molecule has 2 aromatic carbocycles. The molecule has 1 aliphatic heterocycles. The van der Waals surface area contributed by atoms with Crippen LogP contribution in [0.2, 0.25) is 15.1 Å². The van der Waals surface area contributed by atoms with Crippen LogP contribution in [0.25, 0.3) is 0 Å². The minimum atomic E-state index is -0.383. The normalized spacial score (nSPS) is 13.1. The van der Waals surface area contributed by atoms with Crippen molar-refractivity contribution < 1.29 is 9.59 Å². The molecule has 4 rings (SSSR count). The van der Waals surface area contributed by atoms with Crippen molar-refractivity contribution in [2.75, 3.05) is 18.0 Å². The van der Waals surface area contributed by atoms with Gasteiger partial charge in [0, 0.05) is 28.5 Å². The minimum Gasteiger partial charge on any atom is -0.337 e. The topological polar surface area (TPSA) is 53.5 Å². The largest absolute Gasteiger partial charge is 0.337 e. The fourth-order valence-corrected chi connectivity index (χ4v) is 4.27. The van der Waals surface area contributed by atoms with Gasteiger partial charge in [0.2, 0.25) is 0 Å². The van der Waals surface area contributed by atoms with Crippen molar-refractivity contribution >= 4 is 68.8 Å². The van der Waals surface area contributed by atoms with Crippen molar-refractivity contribution in [1.82, 2.24) is 9.88 Å². The summed E-state index contributed by atoms with van der Waals surface area (Å²) in [6, 6.07) is 11.5. The molecule has 1 aromatic heterocycles. The van der Waals surface area contributed by atoms with Gasteiger partial charge >= 0.3 is 0 Å². The molecule has 1 fully saturated rings. The second kappa shape index (κ2) is 8.32. The minimum absolute atomic E-state index is 0.133. The Balaban J connectivity index is 1.74. The molecule has 0 saturated carbocycles. The van der Waals surface area contributed by atoms with Gasteiger partial charge in [-0.1, -0.05) is 34.8 Å². The number of carbonyl (C=O) groups is 2. The van der Waals surface area contributed by atoms with Gasteiger partial charge in [-0.3, -0.25) is 14.5 Å². The molecule has 148 valence electrons. The van der Waals surface area contributed by atoms with Crippen LogP contribution in [0.15, 0.2) is 47.8 Å². The summed E-state index contributed by atoms with van der Waals surface area (Å²) in [7, 11) is 0. The highest BCUT2D eigenvalue weighted by molar-refractivity contribution is 7.14. The third-order valence-corrected chi connectivity index (χ3v) is 6.12. The van der Waals surface area contributed by atoms with E-state index in [0.717, 1.165) is 19.5 Å². The van der Waals surface area contributed by atoms with E-state index in [9.17, 15) is 9.59 Å². The van der Waals surface area contributed by atoms with Crippen LogP contribution in [0.5, 0.6) is 0 Å². The molecule has 1 saturated heterocycles. The van der Waals surface area contributed by atoms with Gasteiger partial charge in [-0.25, -0.2) is 4.98 Å². The lowest BCUT2D eigenvalue weighted by atomic mass is 10.2. The van der Waals surface area contributed by atoms with Gasteiger partial charge in [0.25, 0.3) is 11.8 Å². The number of hydrogen-bond acceptors (Lipinski definition) is 4. The van der Waals surface area contributed by atoms with Gasteiger partial charge in [-0.2, -0.15) is 0 Å². The number of amides is 2. The monoisotopic (exact) mass is 465 g/mol. The molecule has 0 spiro atoms. The van der Waals surface area contributed by atoms with Crippen LogP contribution < -0.4 is 4.90 Å². The van der Waals surface area contributed by atoms with Crippen molar-refractivity contribution in [2.45, 2.75) is 6.42 Å². The van der Waals surface area contributed by atoms with Crippen LogP contribution in [0.3, 0.4) is 0 Å². The van der Waals surface area contributed by atoms with Crippen molar-refractivity contribution in [3.8, 4) is 0 Å². The maximum absolute atomic E-state index is 13.4. The van der Waals surface area contributed by atoms with Crippen LogP contribution in [-0.4, -0.2) is 34.8 Å². The zero-order valence-electron chi connectivity index (χ0n) is 14.9. The molecular formula is C20H14Cl3N3O2S. The first-order chi connectivity index (χ1) is 13.9. The highest BCUT2D eigenvalue weighted by Gasteiger charge is 2.28. The van der Waals surface area contributed by atoms with E-state index in [-0.39, 0.29) is 22.4 Å². The smallest absolute Gasteiger partial charge is 0.273 e. The fourth-order valence-electron chi connectivity index (χ4n) is 2.83. The molecule has 0 bridgehead atoms. The molecular weight excluding hydrogens is 453 g/mol. The summed E-state index contributed by atoms with van der Waals surface area (Å²) < 4.78 is 0. The first kappa shape index (κ1) is 20.2. The summed E-state index contributed by atoms with van der Waals surface area (Å²) in [6.07, 6.45) is 0.993. The first-order valence-corrected chi connectivity index (χ1v) is 10.8. The lowest BCUT2D eigenvalue weighted by molar-refractivity contribution is 0.0646. The third kappa shape index (κ3) is 4.12.